The molecule has 1 fully saturated rings. The molecule has 8 nitrogen and oxygen atoms in total. The molecule has 230 valence electrons. The molecule has 4 aromatic rings. The summed E-state index contributed by atoms with van der Waals surface area (Å²) in [5.74, 6) is -3.43. The van der Waals surface area contributed by atoms with Crippen molar-refractivity contribution in [1.29, 1.82) is 0 Å². The fourth-order valence-corrected chi connectivity index (χ4v) is 6.49. The molecule has 45 heavy (non-hydrogen) atoms. The van der Waals surface area contributed by atoms with E-state index in [0.29, 0.717) is 11.3 Å². The second-order valence-corrected chi connectivity index (χ2v) is 12.2. The van der Waals surface area contributed by atoms with E-state index in [2.05, 4.69) is 15.1 Å². The first-order chi connectivity index (χ1) is 21.4. The number of likely N-dealkylation sites (tertiary alicyclic amines) is 1. The summed E-state index contributed by atoms with van der Waals surface area (Å²) in [6, 6.07) is 13.5. The van der Waals surface area contributed by atoms with Crippen LogP contribution < -0.4 is 5.32 Å². The van der Waals surface area contributed by atoms with Crippen LogP contribution in [0.5, 0.6) is 0 Å². The van der Waals surface area contributed by atoms with E-state index in [-0.39, 0.29) is 53.6 Å². The molecule has 3 heterocycles. The van der Waals surface area contributed by atoms with Crippen molar-refractivity contribution >= 4 is 34.3 Å². The monoisotopic (exact) mass is 613 g/mol. The summed E-state index contributed by atoms with van der Waals surface area (Å²) in [7, 11) is 1.46. The molecule has 1 saturated heterocycles. The van der Waals surface area contributed by atoms with Crippen LogP contribution in [0.3, 0.4) is 0 Å². The molecule has 2 N–H and O–H groups in total. The summed E-state index contributed by atoms with van der Waals surface area (Å²) in [5.41, 5.74) is 1.63. The highest BCUT2D eigenvalue weighted by atomic mass is 19.1. The maximum atomic E-state index is 14.4. The fraction of sp³-hybridized carbons (Fsp3) is 0.294. The number of hydrogen-bond acceptors (Lipinski definition) is 3. The van der Waals surface area contributed by atoms with E-state index in [0.717, 1.165) is 23.3 Å². The van der Waals surface area contributed by atoms with E-state index in [1.165, 1.54) is 35.0 Å². The zero-order valence-electron chi connectivity index (χ0n) is 24.8. The number of nitrogens with one attached hydrogen (secondary N) is 2. The number of carbonyl (C=O) groups excluding carboxylic acids is 3. The molecule has 1 spiro atoms. The Morgan fingerprint density at radius 1 is 1.04 bits per heavy atom. The van der Waals surface area contributed by atoms with Crippen molar-refractivity contribution in [3.05, 3.63) is 101 Å². The smallest absolute Gasteiger partial charge is 0.302 e. The standard InChI is InChI=1S/C34H30F3N5O3/c1-18(2)11-29(41(4)31(43)28-15-23-25(37)13-22(36)14-27(23)39-28)32(44)42-17-34(16-30(42)38-3)24-12-20(7-10-26(24)40-33(34)45)19-5-8-21(35)9-6-19/h5-10,12-15,18,29-30,39H,11,16-17H2,1-2,4H3,(H,40,45)/t29-,30-,34-/m0/s1. The Kier molecular flexibility index (Phi) is 7.39. The van der Waals surface area contributed by atoms with E-state index >= 15 is 0 Å². The van der Waals surface area contributed by atoms with E-state index in [4.69, 9.17) is 6.57 Å². The number of benzene rings is 3. The Morgan fingerprint density at radius 2 is 1.76 bits per heavy atom. The number of aromatic nitrogens is 1. The molecular weight excluding hydrogens is 583 g/mol. The minimum atomic E-state index is -1.19. The van der Waals surface area contributed by atoms with Gasteiger partial charge in [-0.15, -0.1) is 0 Å². The number of amides is 3. The van der Waals surface area contributed by atoms with Crippen LogP contribution >= 0.6 is 0 Å². The second-order valence-electron chi connectivity index (χ2n) is 12.2. The maximum absolute atomic E-state index is 14.4. The Morgan fingerprint density at radius 3 is 2.44 bits per heavy atom. The lowest BCUT2D eigenvalue weighted by Crippen LogP contribution is -2.51. The van der Waals surface area contributed by atoms with Gasteiger partial charge < -0.3 is 15.2 Å². The van der Waals surface area contributed by atoms with Crippen LogP contribution in [0.15, 0.2) is 60.7 Å². The van der Waals surface area contributed by atoms with E-state index < -0.39 is 41.1 Å². The molecule has 0 saturated carbocycles. The predicted molar refractivity (Wildman–Crippen MR) is 162 cm³/mol. The van der Waals surface area contributed by atoms with Gasteiger partial charge in [0.1, 0.15) is 34.6 Å². The number of anilines is 1. The Hall–Kier alpha value is -5.11. The lowest BCUT2D eigenvalue weighted by Gasteiger charge is -2.32. The third-order valence-corrected chi connectivity index (χ3v) is 8.81. The number of halogens is 3. The molecule has 0 radical (unpaired) electrons. The molecular formula is C34H30F3N5O3. The number of hydrogen-bond donors (Lipinski definition) is 2. The van der Waals surface area contributed by atoms with E-state index in [1.807, 2.05) is 26.0 Å². The third-order valence-electron chi connectivity index (χ3n) is 8.81. The highest BCUT2D eigenvalue weighted by Gasteiger charge is 2.59. The molecule has 3 atom stereocenters. The zero-order valence-corrected chi connectivity index (χ0v) is 24.8. The SMILES string of the molecule is [C-]#[N+][C@@H]1C[C@@]2(CN1C(=O)[C@H](CC(C)C)N(C)C(=O)c1cc3c(F)cc(F)cc3[nH]1)C(=O)Nc1ccc(-c3ccc(F)cc3)cc12. The summed E-state index contributed by atoms with van der Waals surface area (Å²) in [5, 5.41) is 2.94. The van der Waals surface area contributed by atoms with Crippen molar-refractivity contribution < 1.29 is 27.6 Å². The van der Waals surface area contributed by atoms with Crippen LogP contribution in [-0.4, -0.2) is 58.3 Å². The average molecular weight is 614 g/mol. The molecule has 2 aliphatic rings. The molecule has 0 unspecified atom stereocenters. The number of fused-ring (bicyclic) bond motifs is 3. The van der Waals surface area contributed by atoms with Gasteiger partial charge in [-0.25, -0.2) is 19.7 Å². The second kappa shape index (κ2) is 11.1. The molecule has 6 rings (SSSR count). The van der Waals surface area contributed by atoms with Crippen LogP contribution in [0.1, 0.15) is 42.7 Å². The van der Waals surface area contributed by atoms with Crippen molar-refractivity contribution in [2.45, 2.75) is 44.3 Å². The van der Waals surface area contributed by atoms with Gasteiger partial charge >= 0.3 is 6.17 Å². The van der Waals surface area contributed by atoms with Crippen LogP contribution in [0.25, 0.3) is 26.9 Å². The average Bonchev–Trinajstić information content (AvgIpc) is 3.69. The molecule has 0 aliphatic carbocycles. The summed E-state index contributed by atoms with van der Waals surface area (Å²) < 4.78 is 41.7. The molecule has 1 aromatic heterocycles. The predicted octanol–water partition coefficient (Wildman–Crippen LogP) is 6.11. The van der Waals surface area contributed by atoms with Gasteiger partial charge in [-0.3, -0.25) is 24.1 Å². The highest BCUT2D eigenvalue weighted by Crippen LogP contribution is 2.48. The highest BCUT2D eigenvalue weighted by molar-refractivity contribution is 6.08. The van der Waals surface area contributed by atoms with Crippen molar-refractivity contribution in [2.75, 3.05) is 18.9 Å². The first kappa shape index (κ1) is 29.9. The van der Waals surface area contributed by atoms with Gasteiger partial charge in [0.15, 0.2) is 0 Å². The van der Waals surface area contributed by atoms with E-state index in [9.17, 15) is 27.6 Å². The number of carbonyl (C=O) groups is 3. The number of nitrogens with zero attached hydrogens (tertiary/aromatic N) is 3. The normalized spacial score (nSPS) is 19.6. The Labute approximate surface area is 257 Å². The molecule has 11 heteroatoms. The van der Waals surface area contributed by atoms with Gasteiger partial charge in [0.2, 0.25) is 5.91 Å². The van der Waals surface area contributed by atoms with Crippen molar-refractivity contribution in [2.24, 2.45) is 5.92 Å². The zero-order chi connectivity index (χ0) is 32.2. The lowest BCUT2D eigenvalue weighted by molar-refractivity contribution is -0.136. The minimum absolute atomic E-state index is 0.0180. The number of rotatable bonds is 6. The molecule has 2 aliphatic heterocycles. The number of H-pyrrole nitrogens is 1. The van der Waals surface area contributed by atoms with Crippen molar-refractivity contribution in [3.8, 4) is 11.1 Å². The molecule has 0 bridgehead atoms. The van der Waals surface area contributed by atoms with Gasteiger partial charge in [-0.05, 0) is 65.4 Å². The van der Waals surface area contributed by atoms with Crippen molar-refractivity contribution in [3.63, 3.8) is 0 Å². The fourth-order valence-electron chi connectivity index (χ4n) is 6.49. The van der Waals surface area contributed by atoms with Crippen LogP contribution in [-0.2, 0) is 15.0 Å². The van der Waals surface area contributed by atoms with Gasteiger partial charge in [-0.1, -0.05) is 32.0 Å². The van der Waals surface area contributed by atoms with Gasteiger partial charge in [0, 0.05) is 30.7 Å². The number of likely N-dealkylation sites (N-methyl/N-ethyl adjacent to an activating group) is 1. The largest absolute Gasteiger partial charge is 0.350 e. The molecule has 3 aromatic carbocycles. The van der Waals surface area contributed by atoms with E-state index in [1.54, 1.807) is 18.2 Å². The first-order valence-electron chi connectivity index (χ1n) is 14.6. The van der Waals surface area contributed by atoms with Gasteiger partial charge in [0.25, 0.3) is 11.8 Å². The Bertz CT molecular complexity index is 1900. The summed E-state index contributed by atoms with van der Waals surface area (Å²) in [6.45, 7) is 11.7. The van der Waals surface area contributed by atoms with Crippen LogP contribution in [0, 0.1) is 29.9 Å². The van der Waals surface area contributed by atoms with Crippen molar-refractivity contribution in [1.82, 2.24) is 14.8 Å². The topological polar surface area (TPSA) is 89.9 Å². The maximum Gasteiger partial charge on any atom is 0.302 e. The van der Waals surface area contributed by atoms with Crippen LogP contribution in [0.4, 0.5) is 18.9 Å². The minimum Gasteiger partial charge on any atom is -0.350 e. The summed E-state index contributed by atoms with van der Waals surface area (Å²) >= 11 is 0. The Balaban J connectivity index is 1.32. The summed E-state index contributed by atoms with van der Waals surface area (Å²) in [4.78, 5) is 50.6. The third kappa shape index (κ3) is 5.10. The van der Waals surface area contributed by atoms with Gasteiger partial charge in [0.05, 0.1) is 11.9 Å². The quantitative estimate of drug-likeness (QED) is 0.258. The molecule has 3 amide bonds. The lowest BCUT2D eigenvalue weighted by atomic mass is 9.79. The summed E-state index contributed by atoms with van der Waals surface area (Å²) in [6.07, 6.45) is -0.643. The van der Waals surface area contributed by atoms with Gasteiger partial charge in [-0.2, -0.15) is 0 Å². The van der Waals surface area contributed by atoms with Crippen LogP contribution in [0.2, 0.25) is 0 Å². The first-order valence-corrected chi connectivity index (χ1v) is 14.6. The number of aromatic amines is 1.